The van der Waals surface area contributed by atoms with Crippen LogP contribution in [0.5, 0.6) is 0 Å². The van der Waals surface area contributed by atoms with Crippen molar-refractivity contribution in [3.05, 3.63) is 182 Å². The summed E-state index contributed by atoms with van der Waals surface area (Å²) in [5.74, 6) is 0. The van der Waals surface area contributed by atoms with Crippen LogP contribution in [-0.4, -0.2) is 17.6 Å². The standard InChI is InChI=1S/C41H30N2Si/c1-5-16-31(17-6-1)38-25-15-27-41(42-38)44(33-20-9-3-10-21-33,34-22-11-4-12-23-34)35-28-29-37-36-24-13-14-26-39(36)43(40(37)30-35)32-18-7-2-8-19-32/h1-30H. The van der Waals surface area contributed by atoms with Crippen LogP contribution < -0.4 is 20.9 Å². The van der Waals surface area contributed by atoms with Gasteiger partial charge in [-0.3, -0.25) is 4.98 Å². The highest BCUT2D eigenvalue weighted by Gasteiger charge is 2.43. The zero-order valence-corrected chi connectivity index (χ0v) is 25.2. The largest absolute Gasteiger partial charge is 0.309 e. The van der Waals surface area contributed by atoms with Crippen molar-refractivity contribution in [1.29, 1.82) is 0 Å². The molecule has 0 unspecified atom stereocenters. The molecule has 0 spiro atoms. The van der Waals surface area contributed by atoms with Crippen LogP contribution in [0.15, 0.2) is 182 Å². The molecule has 0 N–H and O–H groups in total. The third kappa shape index (κ3) is 4.21. The maximum absolute atomic E-state index is 5.50. The lowest BCUT2D eigenvalue weighted by atomic mass is 10.1. The Morgan fingerprint density at radius 1 is 0.409 bits per heavy atom. The van der Waals surface area contributed by atoms with Gasteiger partial charge in [0.1, 0.15) is 0 Å². The second kappa shape index (κ2) is 11.0. The van der Waals surface area contributed by atoms with Crippen molar-refractivity contribution in [3.63, 3.8) is 0 Å². The van der Waals surface area contributed by atoms with E-state index in [0.717, 1.165) is 22.3 Å². The van der Waals surface area contributed by atoms with E-state index in [1.165, 1.54) is 37.4 Å². The lowest BCUT2D eigenvalue weighted by Crippen LogP contribution is -2.75. The summed E-state index contributed by atoms with van der Waals surface area (Å²) in [7, 11) is -2.88. The normalized spacial score (nSPS) is 11.6. The maximum atomic E-state index is 5.50. The summed E-state index contributed by atoms with van der Waals surface area (Å²) < 4.78 is 2.41. The quantitative estimate of drug-likeness (QED) is 0.150. The first kappa shape index (κ1) is 26.1. The lowest BCUT2D eigenvalue weighted by Gasteiger charge is -2.33. The predicted molar refractivity (Wildman–Crippen MR) is 188 cm³/mol. The molecule has 0 amide bonds. The van der Waals surface area contributed by atoms with Gasteiger partial charge < -0.3 is 4.57 Å². The van der Waals surface area contributed by atoms with Gasteiger partial charge in [-0.15, -0.1) is 0 Å². The molecule has 0 aliphatic heterocycles. The molecule has 6 aromatic carbocycles. The van der Waals surface area contributed by atoms with Crippen LogP contribution in [0.1, 0.15) is 0 Å². The first-order chi connectivity index (χ1) is 21.8. The lowest BCUT2D eigenvalue weighted by molar-refractivity contribution is 1.18. The first-order valence-electron chi connectivity index (χ1n) is 15.1. The molecule has 0 saturated carbocycles. The van der Waals surface area contributed by atoms with Crippen molar-refractivity contribution in [2.75, 3.05) is 0 Å². The van der Waals surface area contributed by atoms with Crippen molar-refractivity contribution < 1.29 is 0 Å². The summed E-state index contributed by atoms with van der Waals surface area (Å²) >= 11 is 0. The summed E-state index contributed by atoms with van der Waals surface area (Å²) in [6.07, 6.45) is 0. The van der Waals surface area contributed by atoms with Gasteiger partial charge in [0.2, 0.25) is 8.07 Å². The zero-order valence-electron chi connectivity index (χ0n) is 24.2. The highest BCUT2D eigenvalue weighted by atomic mass is 28.3. The molecule has 0 aliphatic carbocycles. The molecule has 44 heavy (non-hydrogen) atoms. The van der Waals surface area contributed by atoms with E-state index in [4.69, 9.17) is 4.98 Å². The predicted octanol–water partition coefficient (Wildman–Crippen LogP) is 7.22. The van der Waals surface area contributed by atoms with Gasteiger partial charge in [-0.05, 0) is 52.0 Å². The van der Waals surface area contributed by atoms with Crippen LogP contribution >= 0.6 is 0 Å². The fourth-order valence-corrected chi connectivity index (χ4v) is 11.4. The van der Waals surface area contributed by atoms with Gasteiger partial charge >= 0.3 is 0 Å². The van der Waals surface area contributed by atoms with E-state index in [9.17, 15) is 0 Å². The number of hydrogen-bond acceptors (Lipinski definition) is 1. The zero-order chi connectivity index (χ0) is 29.3. The molecule has 2 heterocycles. The highest BCUT2D eigenvalue weighted by Crippen LogP contribution is 2.32. The molecule has 0 atom stereocenters. The average molecular weight is 579 g/mol. The van der Waals surface area contributed by atoms with Crippen molar-refractivity contribution in [1.82, 2.24) is 9.55 Å². The minimum Gasteiger partial charge on any atom is -0.309 e. The number of nitrogens with zero attached hydrogens (tertiary/aromatic N) is 2. The topological polar surface area (TPSA) is 17.8 Å². The van der Waals surface area contributed by atoms with E-state index in [1.54, 1.807) is 0 Å². The Labute approximate surface area is 258 Å². The number of aromatic nitrogens is 2. The third-order valence-corrected chi connectivity index (χ3v) is 13.4. The molecular formula is C41H30N2Si. The fraction of sp³-hybridized carbons (Fsp3) is 0. The number of pyridine rings is 1. The van der Waals surface area contributed by atoms with Crippen LogP contribution in [-0.2, 0) is 0 Å². The highest BCUT2D eigenvalue weighted by molar-refractivity contribution is 7.19. The Hall–Kier alpha value is -5.51. The Kier molecular flexibility index (Phi) is 6.51. The number of fused-ring (bicyclic) bond motifs is 3. The monoisotopic (exact) mass is 578 g/mol. The SMILES string of the molecule is c1ccc(-c2cccc([Si](c3ccccc3)(c3ccccc3)c3ccc4c5ccccc5n(-c5ccccc5)c4c3)n2)cc1. The van der Waals surface area contributed by atoms with E-state index in [1.807, 2.05) is 0 Å². The summed E-state index contributed by atoms with van der Waals surface area (Å²) in [6.45, 7) is 0. The van der Waals surface area contributed by atoms with Gasteiger partial charge in [-0.25, -0.2) is 0 Å². The Morgan fingerprint density at radius 3 is 1.66 bits per heavy atom. The van der Waals surface area contributed by atoms with Crippen LogP contribution in [0.4, 0.5) is 0 Å². The van der Waals surface area contributed by atoms with Crippen LogP contribution in [0.2, 0.25) is 0 Å². The van der Waals surface area contributed by atoms with Gasteiger partial charge in [-0.1, -0.05) is 146 Å². The van der Waals surface area contributed by atoms with Crippen molar-refractivity contribution in [2.24, 2.45) is 0 Å². The van der Waals surface area contributed by atoms with Crippen molar-refractivity contribution in [2.45, 2.75) is 0 Å². The van der Waals surface area contributed by atoms with E-state index in [-0.39, 0.29) is 0 Å². The molecule has 0 aliphatic rings. The third-order valence-electron chi connectivity index (χ3n) is 8.74. The number of hydrogen-bond donors (Lipinski definition) is 0. The molecule has 8 aromatic rings. The average Bonchev–Trinajstić information content (AvgIpc) is 3.44. The van der Waals surface area contributed by atoms with Crippen LogP contribution in [0.25, 0.3) is 38.8 Å². The summed E-state index contributed by atoms with van der Waals surface area (Å²) in [6, 6.07) is 65.7. The molecule has 2 nitrogen and oxygen atoms in total. The maximum Gasteiger partial charge on any atom is 0.201 e. The van der Waals surface area contributed by atoms with E-state index in [2.05, 4.69) is 187 Å². The molecular weight excluding hydrogens is 549 g/mol. The minimum absolute atomic E-state index is 0.992. The summed E-state index contributed by atoms with van der Waals surface area (Å²) in [5.41, 5.74) is 5.69. The van der Waals surface area contributed by atoms with Gasteiger partial charge in [0.15, 0.2) is 0 Å². The second-order valence-corrected chi connectivity index (χ2v) is 14.9. The molecule has 0 bridgehead atoms. The van der Waals surface area contributed by atoms with Crippen molar-refractivity contribution in [3.8, 4) is 16.9 Å². The van der Waals surface area contributed by atoms with Gasteiger partial charge in [0.05, 0.1) is 16.7 Å². The number of benzene rings is 6. The van der Waals surface area contributed by atoms with Gasteiger partial charge in [-0.2, -0.15) is 0 Å². The molecule has 0 fully saturated rings. The van der Waals surface area contributed by atoms with Gasteiger partial charge in [0, 0.05) is 27.3 Å². The number of rotatable bonds is 6. The molecule has 208 valence electrons. The van der Waals surface area contributed by atoms with E-state index < -0.39 is 8.07 Å². The van der Waals surface area contributed by atoms with Crippen molar-refractivity contribution >= 4 is 50.8 Å². The molecule has 2 aromatic heterocycles. The Balaban J connectivity index is 1.50. The van der Waals surface area contributed by atoms with E-state index >= 15 is 0 Å². The molecule has 3 heteroatoms. The summed E-state index contributed by atoms with van der Waals surface area (Å²) in [4.78, 5) is 5.50. The molecule has 8 rings (SSSR count). The smallest absolute Gasteiger partial charge is 0.201 e. The van der Waals surface area contributed by atoms with E-state index in [0.29, 0.717) is 0 Å². The van der Waals surface area contributed by atoms with Crippen LogP contribution in [0.3, 0.4) is 0 Å². The number of para-hydroxylation sites is 2. The van der Waals surface area contributed by atoms with Gasteiger partial charge in [0.25, 0.3) is 0 Å². The Morgan fingerprint density at radius 2 is 0.977 bits per heavy atom. The summed E-state index contributed by atoms with van der Waals surface area (Å²) in [5, 5.41) is 7.56. The second-order valence-electron chi connectivity index (χ2n) is 11.2. The van der Waals surface area contributed by atoms with Crippen LogP contribution in [0, 0.1) is 0 Å². The first-order valence-corrected chi connectivity index (χ1v) is 17.1. The molecule has 0 radical (unpaired) electrons. The molecule has 0 saturated heterocycles. The fourth-order valence-electron chi connectivity index (χ4n) is 6.79. The minimum atomic E-state index is -2.88. The Bertz CT molecular complexity index is 2170.